The maximum Gasteiger partial charge on any atom is 0.244 e. The molecular formula is C21H23Cl3N4O3. The van der Waals surface area contributed by atoms with Crippen LogP contribution in [0.25, 0.3) is 0 Å². The second-order valence-corrected chi connectivity index (χ2v) is 7.95. The molecule has 0 radical (unpaired) electrons. The minimum Gasteiger partial charge on any atom is -0.335 e. The van der Waals surface area contributed by atoms with Crippen LogP contribution in [0, 0.1) is 0 Å². The van der Waals surface area contributed by atoms with Crippen molar-refractivity contribution in [2.24, 2.45) is 0 Å². The van der Waals surface area contributed by atoms with E-state index in [0.717, 1.165) is 0 Å². The molecule has 10 heteroatoms. The first kappa shape index (κ1) is 24.9. The average Bonchev–Trinajstić information content (AvgIpc) is 2.71. The molecule has 0 fully saturated rings. The number of hydrogen-bond acceptors (Lipinski definition) is 4. The molecule has 0 aliphatic rings. The second kappa shape index (κ2) is 11.9. The van der Waals surface area contributed by atoms with Crippen LogP contribution in [-0.4, -0.2) is 60.7 Å². The third-order valence-corrected chi connectivity index (χ3v) is 5.31. The summed E-state index contributed by atoms with van der Waals surface area (Å²) in [6, 6.07) is 11.7. The second-order valence-electron chi connectivity index (χ2n) is 6.73. The van der Waals surface area contributed by atoms with Gasteiger partial charge in [-0.2, -0.15) is 0 Å². The number of benzene rings is 2. The van der Waals surface area contributed by atoms with Crippen molar-refractivity contribution in [2.75, 3.05) is 43.9 Å². The summed E-state index contributed by atoms with van der Waals surface area (Å²) >= 11 is 18.2. The van der Waals surface area contributed by atoms with Gasteiger partial charge in [0.1, 0.15) is 0 Å². The Hall–Kier alpha value is -2.32. The lowest BCUT2D eigenvalue weighted by atomic mass is 10.3. The monoisotopic (exact) mass is 484 g/mol. The van der Waals surface area contributed by atoms with Gasteiger partial charge < -0.3 is 15.5 Å². The van der Waals surface area contributed by atoms with Crippen molar-refractivity contribution in [1.29, 1.82) is 0 Å². The summed E-state index contributed by atoms with van der Waals surface area (Å²) in [5.74, 6) is -1.04. The highest BCUT2D eigenvalue weighted by molar-refractivity contribution is 6.39. The van der Waals surface area contributed by atoms with Crippen molar-refractivity contribution in [3.05, 3.63) is 57.5 Å². The molecule has 0 saturated carbocycles. The standard InChI is InChI=1S/C21H23Cl3N4O3/c1-3-28(12-19(30)26-21-15(23)8-6-9-16(21)24)13-20(31)27(2)11-18(29)25-17-10-5-4-7-14(17)22/h4-10H,3,11-13H2,1-2H3,(H,25,29)(H,26,30). The molecule has 7 nitrogen and oxygen atoms in total. The summed E-state index contributed by atoms with van der Waals surface area (Å²) in [5, 5.41) is 6.39. The minimum absolute atomic E-state index is 0.0317. The Kier molecular flexibility index (Phi) is 9.58. The minimum atomic E-state index is -0.377. The van der Waals surface area contributed by atoms with Crippen LogP contribution in [0.3, 0.4) is 0 Å². The Balaban J connectivity index is 1.87. The van der Waals surface area contributed by atoms with Gasteiger partial charge >= 0.3 is 0 Å². The van der Waals surface area contributed by atoms with Gasteiger partial charge in [0.05, 0.1) is 46.1 Å². The van der Waals surface area contributed by atoms with Crippen molar-refractivity contribution in [3.8, 4) is 0 Å². The van der Waals surface area contributed by atoms with Gasteiger partial charge in [0.15, 0.2) is 0 Å². The lowest BCUT2D eigenvalue weighted by Crippen LogP contribution is -2.43. The first-order valence-electron chi connectivity index (χ1n) is 9.45. The number of nitrogens with zero attached hydrogens (tertiary/aromatic N) is 2. The van der Waals surface area contributed by atoms with E-state index >= 15 is 0 Å². The van der Waals surface area contributed by atoms with Crippen LogP contribution in [0.5, 0.6) is 0 Å². The molecule has 2 N–H and O–H groups in total. The van der Waals surface area contributed by atoms with Gasteiger partial charge in [0.2, 0.25) is 17.7 Å². The zero-order valence-electron chi connectivity index (χ0n) is 17.1. The molecule has 0 saturated heterocycles. The summed E-state index contributed by atoms with van der Waals surface area (Å²) in [4.78, 5) is 40.0. The first-order chi connectivity index (χ1) is 14.7. The van der Waals surface area contributed by atoms with E-state index in [4.69, 9.17) is 34.8 Å². The van der Waals surface area contributed by atoms with E-state index in [1.165, 1.54) is 11.9 Å². The SMILES string of the molecule is CCN(CC(=O)Nc1c(Cl)cccc1Cl)CC(=O)N(C)CC(=O)Nc1ccccc1Cl. The Morgan fingerprint density at radius 2 is 1.39 bits per heavy atom. The van der Waals surface area contributed by atoms with Crippen LogP contribution < -0.4 is 10.6 Å². The number of hydrogen-bond donors (Lipinski definition) is 2. The quantitative estimate of drug-likeness (QED) is 0.562. The fourth-order valence-corrected chi connectivity index (χ4v) is 3.32. The van der Waals surface area contributed by atoms with Crippen molar-refractivity contribution in [3.63, 3.8) is 0 Å². The highest BCUT2D eigenvalue weighted by atomic mass is 35.5. The molecule has 0 aliphatic carbocycles. The molecule has 0 aliphatic heterocycles. The maximum absolute atomic E-state index is 12.5. The van der Waals surface area contributed by atoms with Crippen molar-refractivity contribution in [1.82, 2.24) is 9.80 Å². The van der Waals surface area contributed by atoms with E-state index in [-0.39, 0.29) is 37.4 Å². The molecule has 0 heterocycles. The number of likely N-dealkylation sites (N-methyl/N-ethyl adjacent to an activating group) is 2. The number of anilines is 2. The van der Waals surface area contributed by atoms with Crippen molar-refractivity contribution >= 4 is 63.9 Å². The Morgan fingerprint density at radius 1 is 0.806 bits per heavy atom. The normalized spacial score (nSPS) is 10.6. The van der Waals surface area contributed by atoms with Gasteiger partial charge in [-0.25, -0.2) is 0 Å². The Labute approximate surface area is 196 Å². The highest BCUT2D eigenvalue weighted by Crippen LogP contribution is 2.29. The van der Waals surface area contributed by atoms with Crippen LogP contribution >= 0.6 is 34.8 Å². The van der Waals surface area contributed by atoms with Gasteiger partial charge in [-0.1, -0.05) is 59.9 Å². The number of carbonyl (C=O) groups is 3. The molecular weight excluding hydrogens is 463 g/mol. The van der Waals surface area contributed by atoms with Crippen LogP contribution in [0.4, 0.5) is 11.4 Å². The van der Waals surface area contributed by atoms with Crippen LogP contribution in [0.2, 0.25) is 15.1 Å². The average molecular weight is 486 g/mol. The maximum atomic E-state index is 12.5. The number of halogens is 3. The van der Waals surface area contributed by atoms with Gasteiger partial charge in [-0.3, -0.25) is 19.3 Å². The molecule has 2 aromatic carbocycles. The van der Waals surface area contributed by atoms with E-state index in [0.29, 0.717) is 33.0 Å². The molecule has 0 aromatic heterocycles. The molecule has 3 amide bonds. The fraction of sp³-hybridized carbons (Fsp3) is 0.286. The van der Waals surface area contributed by atoms with Crippen LogP contribution in [-0.2, 0) is 14.4 Å². The summed E-state index contributed by atoms with van der Waals surface area (Å²) in [6.45, 7) is 2.06. The summed E-state index contributed by atoms with van der Waals surface area (Å²) in [6.07, 6.45) is 0. The van der Waals surface area contributed by atoms with Crippen LogP contribution in [0.1, 0.15) is 6.92 Å². The van der Waals surface area contributed by atoms with E-state index in [2.05, 4.69) is 10.6 Å². The Morgan fingerprint density at radius 3 is 2.00 bits per heavy atom. The molecule has 166 valence electrons. The number of carbonyl (C=O) groups excluding carboxylic acids is 3. The zero-order chi connectivity index (χ0) is 23.0. The predicted molar refractivity (Wildman–Crippen MR) is 125 cm³/mol. The lowest BCUT2D eigenvalue weighted by Gasteiger charge is -2.23. The Bertz CT molecular complexity index is 935. The number of amides is 3. The molecule has 2 aromatic rings. The summed E-state index contributed by atoms with van der Waals surface area (Å²) in [7, 11) is 1.52. The number of para-hydroxylation sites is 2. The van der Waals surface area contributed by atoms with Gasteiger partial charge in [-0.15, -0.1) is 0 Å². The van der Waals surface area contributed by atoms with Gasteiger partial charge in [0.25, 0.3) is 0 Å². The zero-order valence-corrected chi connectivity index (χ0v) is 19.4. The number of rotatable bonds is 9. The largest absolute Gasteiger partial charge is 0.335 e. The first-order valence-corrected chi connectivity index (χ1v) is 10.6. The molecule has 0 bridgehead atoms. The molecule has 2 rings (SSSR count). The molecule has 31 heavy (non-hydrogen) atoms. The van der Waals surface area contributed by atoms with E-state index < -0.39 is 0 Å². The smallest absolute Gasteiger partial charge is 0.244 e. The van der Waals surface area contributed by atoms with E-state index in [1.807, 2.05) is 6.92 Å². The van der Waals surface area contributed by atoms with E-state index in [9.17, 15) is 14.4 Å². The third-order valence-electron chi connectivity index (χ3n) is 4.35. The number of nitrogens with one attached hydrogen (secondary N) is 2. The van der Waals surface area contributed by atoms with E-state index in [1.54, 1.807) is 47.4 Å². The third kappa shape index (κ3) is 7.70. The van der Waals surface area contributed by atoms with Crippen molar-refractivity contribution in [2.45, 2.75) is 6.92 Å². The summed E-state index contributed by atoms with van der Waals surface area (Å²) in [5.41, 5.74) is 0.798. The van der Waals surface area contributed by atoms with Crippen LogP contribution in [0.15, 0.2) is 42.5 Å². The fourth-order valence-electron chi connectivity index (χ4n) is 2.65. The summed E-state index contributed by atoms with van der Waals surface area (Å²) < 4.78 is 0. The molecule has 0 unspecified atom stereocenters. The molecule has 0 atom stereocenters. The van der Waals surface area contributed by atoms with Gasteiger partial charge in [0, 0.05) is 7.05 Å². The predicted octanol–water partition coefficient (Wildman–Crippen LogP) is 4.00. The van der Waals surface area contributed by atoms with Crippen molar-refractivity contribution < 1.29 is 14.4 Å². The highest BCUT2D eigenvalue weighted by Gasteiger charge is 2.19. The molecule has 0 spiro atoms. The van der Waals surface area contributed by atoms with Gasteiger partial charge in [-0.05, 0) is 30.8 Å². The topological polar surface area (TPSA) is 81.8 Å². The lowest BCUT2D eigenvalue weighted by molar-refractivity contribution is -0.134.